The van der Waals surface area contributed by atoms with Gasteiger partial charge >= 0.3 is 5.97 Å². The summed E-state index contributed by atoms with van der Waals surface area (Å²) in [6, 6.07) is 14.3. The second kappa shape index (κ2) is 10.2. The van der Waals surface area contributed by atoms with Crippen molar-refractivity contribution in [2.45, 2.75) is 39.7 Å². The molecule has 0 amide bonds. The fourth-order valence-electron chi connectivity index (χ4n) is 4.55. The summed E-state index contributed by atoms with van der Waals surface area (Å²) in [5, 5.41) is 5.70. The van der Waals surface area contributed by atoms with Gasteiger partial charge in [0.15, 0.2) is 0 Å². The number of aryl methyl sites for hydroxylation is 1. The van der Waals surface area contributed by atoms with Crippen LogP contribution in [-0.4, -0.2) is 53.0 Å². The number of rotatable bonds is 7. The van der Waals surface area contributed by atoms with Crippen LogP contribution in [0.2, 0.25) is 0 Å². The van der Waals surface area contributed by atoms with E-state index in [1.54, 1.807) is 17.4 Å². The van der Waals surface area contributed by atoms with Crippen LogP contribution < -0.4 is 4.90 Å². The highest BCUT2D eigenvalue weighted by Crippen LogP contribution is 2.31. The zero-order valence-electron chi connectivity index (χ0n) is 20.4. The van der Waals surface area contributed by atoms with E-state index in [1.807, 2.05) is 36.7 Å². The molecule has 1 aliphatic rings. The molecule has 4 aromatic rings. The van der Waals surface area contributed by atoms with Crippen molar-refractivity contribution in [1.29, 1.82) is 0 Å². The van der Waals surface area contributed by atoms with Gasteiger partial charge in [0.2, 0.25) is 4.96 Å². The number of nitrogens with zero attached hydrogens (tertiary/aromatic N) is 4. The summed E-state index contributed by atoms with van der Waals surface area (Å²) in [5.74, 6) is -0.297. The van der Waals surface area contributed by atoms with Crippen molar-refractivity contribution in [3.63, 3.8) is 0 Å². The molecule has 0 atom stereocenters. The summed E-state index contributed by atoms with van der Waals surface area (Å²) in [7, 11) is 0. The standard InChI is InChI=1S/C27H30N4O3S/c1-4-33-22-12-14-30(15-13-22)21-9-6-19(7-10-21)25-29-31-17-24(28-27(31)35-25)20-8-11-23(18(3)16-20)26(32)34-5-2/h6-11,16-17,22H,4-5,12-15H2,1-3H3. The topological polar surface area (TPSA) is 69.0 Å². The zero-order valence-corrected chi connectivity index (χ0v) is 21.2. The number of benzene rings is 2. The maximum atomic E-state index is 12.1. The van der Waals surface area contributed by atoms with Gasteiger partial charge in [0.05, 0.1) is 30.2 Å². The van der Waals surface area contributed by atoms with E-state index in [0.29, 0.717) is 18.3 Å². The normalized spacial score (nSPS) is 14.5. The number of anilines is 1. The van der Waals surface area contributed by atoms with Crippen LogP contribution in [0.1, 0.15) is 42.6 Å². The van der Waals surface area contributed by atoms with Crippen LogP contribution in [0, 0.1) is 6.92 Å². The van der Waals surface area contributed by atoms with Crippen LogP contribution >= 0.6 is 11.3 Å². The first-order chi connectivity index (χ1) is 17.1. The van der Waals surface area contributed by atoms with E-state index < -0.39 is 0 Å². The van der Waals surface area contributed by atoms with Crippen molar-refractivity contribution in [2.75, 3.05) is 31.2 Å². The highest BCUT2D eigenvalue weighted by atomic mass is 32.1. The Labute approximate surface area is 209 Å². The first kappa shape index (κ1) is 23.5. The highest BCUT2D eigenvalue weighted by molar-refractivity contribution is 7.19. The minimum absolute atomic E-state index is 0.297. The third-order valence-corrected chi connectivity index (χ3v) is 7.36. The number of hydrogen-bond acceptors (Lipinski definition) is 7. The van der Waals surface area contributed by atoms with Gasteiger partial charge in [0, 0.05) is 36.5 Å². The van der Waals surface area contributed by atoms with E-state index in [-0.39, 0.29) is 5.97 Å². The monoisotopic (exact) mass is 490 g/mol. The van der Waals surface area contributed by atoms with Gasteiger partial charge in [-0.2, -0.15) is 5.10 Å². The Bertz CT molecular complexity index is 1290. The molecule has 1 fully saturated rings. The fourth-order valence-corrected chi connectivity index (χ4v) is 5.43. The van der Waals surface area contributed by atoms with Gasteiger partial charge in [0.1, 0.15) is 5.01 Å². The molecule has 35 heavy (non-hydrogen) atoms. The molecule has 7 nitrogen and oxygen atoms in total. The predicted molar refractivity (Wildman–Crippen MR) is 139 cm³/mol. The molecule has 0 radical (unpaired) electrons. The summed E-state index contributed by atoms with van der Waals surface area (Å²) in [4.78, 5) is 20.1. The lowest BCUT2D eigenvalue weighted by Gasteiger charge is -2.33. The second-order valence-electron chi connectivity index (χ2n) is 8.70. The first-order valence-corrected chi connectivity index (χ1v) is 13.0. The number of piperidine rings is 1. The Hall–Kier alpha value is -3.23. The summed E-state index contributed by atoms with van der Waals surface area (Å²) in [6.07, 6.45) is 4.48. The summed E-state index contributed by atoms with van der Waals surface area (Å²) in [6.45, 7) is 8.99. The third kappa shape index (κ3) is 4.94. The number of aromatic nitrogens is 3. The highest BCUT2D eigenvalue weighted by Gasteiger charge is 2.20. The molecule has 182 valence electrons. The Morgan fingerprint density at radius 3 is 2.46 bits per heavy atom. The summed E-state index contributed by atoms with van der Waals surface area (Å²) < 4.78 is 12.7. The van der Waals surface area contributed by atoms with Crippen LogP contribution in [0.15, 0.2) is 48.7 Å². The van der Waals surface area contributed by atoms with E-state index in [4.69, 9.17) is 19.6 Å². The second-order valence-corrected chi connectivity index (χ2v) is 9.66. The molecule has 8 heteroatoms. The smallest absolute Gasteiger partial charge is 0.338 e. The van der Waals surface area contributed by atoms with E-state index in [0.717, 1.165) is 64.9 Å². The number of ether oxygens (including phenoxy) is 2. The van der Waals surface area contributed by atoms with Crippen molar-refractivity contribution in [3.05, 3.63) is 59.8 Å². The van der Waals surface area contributed by atoms with Gasteiger partial charge < -0.3 is 14.4 Å². The summed E-state index contributed by atoms with van der Waals surface area (Å²) >= 11 is 1.57. The number of hydrogen-bond donors (Lipinski definition) is 0. The molecule has 1 saturated heterocycles. The average molecular weight is 491 g/mol. The molecule has 0 spiro atoms. The molecule has 0 unspecified atom stereocenters. The molecule has 0 N–H and O–H groups in total. The van der Waals surface area contributed by atoms with E-state index in [1.165, 1.54) is 5.69 Å². The Morgan fingerprint density at radius 1 is 1.06 bits per heavy atom. The number of imidazole rings is 1. The molecular formula is C27H30N4O3S. The maximum absolute atomic E-state index is 12.1. The number of carbonyl (C=O) groups is 1. The predicted octanol–water partition coefficient (Wildman–Crippen LogP) is 5.62. The molecular weight excluding hydrogens is 460 g/mol. The Balaban J connectivity index is 1.30. The molecule has 1 aliphatic heterocycles. The van der Waals surface area contributed by atoms with Crippen molar-refractivity contribution < 1.29 is 14.3 Å². The molecule has 0 bridgehead atoms. The van der Waals surface area contributed by atoms with Gasteiger partial charge in [-0.1, -0.05) is 17.4 Å². The largest absolute Gasteiger partial charge is 0.462 e. The lowest BCUT2D eigenvalue weighted by atomic mass is 10.0. The minimum atomic E-state index is -0.297. The van der Waals surface area contributed by atoms with Gasteiger partial charge in [-0.25, -0.2) is 14.3 Å². The molecule has 0 aliphatic carbocycles. The lowest BCUT2D eigenvalue weighted by Crippen LogP contribution is -2.37. The van der Waals surface area contributed by atoms with Gasteiger partial charge in [-0.05, 0) is 75.6 Å². The Morgan fingerprint density at radius 2 is 1.80 bits per heavy atom. The van der Waals surface area contributed by atoms with Crippen molar-refractivity contribution in [2.24, 2.45) is 0 Å². The van der Waals surface area contributed by atoms with Crippen molar-refractivity contribution in [1.82, 2.24) is 14.6 Å². The first-order valence-electron chi connectivity index (χ1n) is 12.2. The van der Waals surface area contributed by atoms with Gasteiger partial charge in [-0.15, -0.1) is 0 Å². The average Bonchev–Trinajstić information content (AvgIpc) is 3.45. The van der Waals surface area contributed by atoms with Crippen LogP contribution in [-0.2, 0) is 9.47 Å². The quantitative estimate of drug-likeness (QED) is 0.314. The number of carbonyl (C=O) groups excluding carboxylic acids is 1. The van der Waals surface area contributed by atoms with Gasteiger partial charge in [-0.3, -0.25) is 0 Å². The Kier molecular flexibility index (Phi) is 6.83. The van der Waals surface area contributed by atoms with Crippen LogP contribution in [0.4, 0.5) is 5.69 Å². The third-order valence-electron chi connectivity index (χ3n) is 6.38. The number of fused-ring (bicyclic) bond motifs is 1. The molecule has 2 aromatic carbocycles. The van der Waals surface area contributed by atoms with E-state index >= 15 is 0 Å². The summed E-state index contributed by atoms with van der Waals surface area (Å²) in [5.41, 5.74) is 5.57. The van der Waals surface area contributed by atoms with Crippen molar-refractivity contribution >= 4 is 28.0 Å². The lowest BCUT2D eigenvalue weighted by molar-refractivity contribution is 0.0459. The fraction of sp³-hybridized carbons (Fsp3) is 0.370. The van der Waals surface area contributed by atoms with Crippen molar-refractivity contribution in [3.8, 4) is 21.8 Å². The van der Waals surface area contributed by atoms with E-state index in [2.05, 4.69) is 36.1 Å². The van der Waals surface area contributed by atoms with E-state index in [9.17, 15) is 4.79 Å². The van der Waals surface area contributed by atoms with Gasteiger partial charge in [0.25, 0.3) is 0 Å². The molecule has 5 rings (SSSR count). The zero-order chi connectivity index (χ0) is 24.4. The molecule has 2 aromatic heterocycles. The minimum Gasteiger partial charge on any atom is -0.462 e. The van der Waals surface area contributed by atoms with Crippen LogP contribution in [0.3, 0.4) is 0 Å². The number of esters is 1. The van der Waals surface area contributed by atoms with Crippen LogP contribution in [0.5, 0.6) is 0 Å². The maximum Gasteiger partial charge on any atom is 0.338 e. The SMILES string of the molecule is CCOC(=O)c1ccc(-c2cn3nc(-c4ccc(N5CCC(OCC)CC5)cc4)sc3n2)cc1C. The van der Waals surface area contributed by atoms with Crippen LogP contribution in [0.25, 0.3) is 26.8 Å². The molecule has 3 heterocycles. The molecule has 0 saturated carbocycles.